The number of hydrogen-bond donors (Lipinski definition) is 2. The lowest BCUT2D eigenvalue weighted by molar-refractivity contribution is -0.143. The van der Waals surface area contributed by atoms with E-state index in [0.29, 0.717) is 19.7 Å². The number of carbonyl (C=O) groups is 3. The van der Waals surface area contributed by atoms with Crippen molar-refractivity contribution in [2.75, 3.05) is 19.7 Å². The van der Waals surface area contributed by atoms with Gasteiger partial charge >= 0.3 is 0 Å². The molecule has 7 nitrogen and oxygen atoms in total. The van der Waals surface area contributed by atoms with Gasteiger partial charge in [0.15, 0.2) is 0 Å². The number of imide groups is 1. The second kappa shape index (κ2) is 7.01. The van der Waals surface area contributed by atoms with Crippen LogP contribution in [-0.4, -0.2) is 60.5 Å². The monoisotopic (exact) mass is 305 g/mol. The first-order valence-electron chi connectivity index (χ1n) is 6.49. The lowest BCUT2D eigenvalue weighted by atomic mass is 10.2. The molecule has 2 saturated heterocycles. The van der Waals surface area contributed by atoms with Crippen molar-refractivity contribution in [1.82, 2.24) is 15.5 Å². The number of carbonyl (C=O) groups excluding carboxylic acids is 3. The smallest absolute Gasteiger partial charge is 0.252 e. The zero-order valence-electron chi connectivity index (χ0n) is 11.5. The molecule has 0 bridgehead atoms. The number of likely N-dealkylation sites (tertiary alicyclic amines) is 1. The van der Waals surface area contributed by atoms with E-state index in [4.69, 9.17) is 4.74 Å². The molecule has 114 valence electrons. The van der Waals surface area contributed by atoms with Crippen LogP contribution in [-0.2, 0) is 19.1 Å². The van der Waals surface area contributed by atoms with Crippen LogP contribution in [0.1, 0.15) is 20.3 Å². The highest BCUT2D eigenvalue weighted by molar-refractivity contribution is 6.07. The maximum absolute atomic E-state index is 12.0. The van der Waals surface area contributed by atoms with E-state index in [2.05, 4.69) is 10.6 Å². The summed E-state index contributed by atoms with van der Waals surface area (Å²) >= 11 is 0. The Balaban J connectivity index is 0.00000200. The van der Waals surface area contributed by atoms with Crippen LogP contribution in [0.25, 0.3) is 0 Å². The highest BCUT2D eigenvalue weighted by Gasteiger charge is 2.41. The van der Waals surface area contributed by atoms with Crippen molar-refractivity contribution in [3.63, 3.8) is 0 Å². The summed E-state index contributed by atoms with van der Waals surface area (Å²) in [5.74, 6) is -0.922. The molecule has 2 heterocycles. The second-order valence-corrected chi connectivity index (χ2v) is 5.02. The van der Waals surface area contributed by atoms with Crippen LogP contribution in [0.3, 0.4) is 0 Å². The van der Waals surface area contributed by atoms with E-state index in [-0.39, 0.29) is 42.6 Å². The van der Waals surface area contributed by atoms with Crippen molar-refractivity contribution in [2.24, 2.45) is 0 Å². The fourth-order valence-electron chi connectivity index (χ4n) is 2.30. The van der Waals surface area contributed by atoms with Crippen LogP contribution in [0.2, 0.25) is 0 Å². The van der Waals surface area contributed by atoms with Crippen molar-refractivity contribution in [3.05, 3.63) is 0 Å². The molecule has 2 fully saturated rings. The number of halogens is 1. The molecule has 0 aliphatic carbocycles. The number of morpholine rings is 1. The van der Waals surface area contributed by atoms with Crippen LogP contribution in [0.4, 0.5) is 0 Å². The third-order valence-electron chi connectivity index (χ3n) is 3.24. The standard InChI is InChI=1S/C12H19N3O4.ClH/c1-7(2)15-10(16)5-8(12(15)18)14-11(17)9-6-13-3-4-19-9;/h7-9,13H,3-6H2,1-2H3,(H,14,17);1H. The normalized spacial score (nSPS) is 26.6. The maximum Gasteiger partial charge on any atom is 0.252 e. The largest absolute Gasteiger partial charge is 0.366 e. The van der Waals surface area contributed by atoms with Gasteiger partial charge in [0.1, 0.15) is 12.1 Å². The van der Waals surface area contributed by atoms with E-state index >= 15 is 0 Å². The average Bonchev–Trinajstić information content (AvgIpc) is 2.65. The van der Waals surface area contributed by atoms with Crippen molar-refractivity contribution in [1.29, 1.82) is 0 Å². The van der Waals surface area contributed by atoms with Crippen molar-refractivity contribution in [3.8, 4) is 0 Å². The molecule has 0 aromatic carbocycles. The van der Waals surface area contributed by atoms with Crippen LogP contribution < -0.4 is 10.6 Å². The fraction of sp³-hybridized carbons (Fsp3) is 0.750. The minimum atomic E-state index is -0.757. The first kappa shape index (κ1) is 16.9. The molecule has 0 radical (unpaired) electrons. The number of nitrogens with one attached hydrogen (secondary N) is 2. The third kappa shape index (κ3) is 3.47. The topological polar surface area (TPSA) is 87.7 Å². The van der Waals surface area contributed by atoms with Crippen LogP contribution in [0, 0.1) is 0 Å². The molecule has 2 rings (SSSR count). The average molecular weight is 306 g/mol. The molecule has 0 saturated carbocycles. The molecule has 2 atom stereocenters. The molecule has 2 aliphatic heterocycles. The molecule has 2 aliphatic rings. The number of rotatable bonds is 3. The van der Waals surface area contributed by atoms with Gasteiger partial charge in [-0.3, -0.25) is 19.3 Å². The van der Waals surface area contributed by atoms with Gasteiger partial charge in [0, 0.05) is 19.1 Å². The SMILES string of the molecule is CC(C)N1C(=O)CC(NC(=O)C2CNCCO2)C1=O.Cl. The Kier molecular flexibility index (Phi) is 5.91. The van der Waals surface area contributed by atoms with Crippen molar-refractivity contribution >= 4 is 30.1 Å². The Bertz CT molecular complexity index is 396. The van der Waals surface area contributed by atoms with E-state index in [1.807, 2.05) is 0 Å². The molecular weight excluding hydrogens is 286 g/mol. The summed E-state index contributed by atoms with van der Waals surface area (Å²) in [6, 6.07) is -0.942. The number of ether oxygens (including phenoxy) is 1. The van der Waals surface area contributed by atoms with E-state index in [0.717, 1.165) is 0 Å². The molecule has 0 aromatic rings. The highest BCUT2D eigenvalue weighted by Crippen LogP contribution is 2.16. The number of nitrogens with zero attached hydrogens (tertiary/aromatic N) is 1. The fourth-order valence-corrected chi connectivity index (χ4v) is 2.30. The predicted molar refractivity (Wildman–Crippen MR) is 73.4 cm³/mol. The van der Waals surface area contributed by atoms with Crippen molar-refractivity contribution < 1.29 is 19.1 Å². The van der Waals surface area contributed by atoms with E-state index in [1.54, 1.807) is 13.8 Å². The van der Waals surface area contributed by atoms with Gasteiger partial charge in [0.2, 0.25) is 5.91 Å². The molecule has 0 aromatic heterocycles. The Morgan fingerprint density at radius 2 is 2.15 bits per heavy atom. The Morgan fingerprint density at radius 3 is 2.65 bits per heavy atom. The number of amides is 3. The summed E-state index contributed by atoms with van der Waals surface area (Å²) in [5, 5.41) is 5.64. The molecule has 8 heteroatoms. The highest BCUT2D eigenvalue weighted by atomic mass is 35.5. The molecule has 2 unspecified atom stereocenters. The predicted octanol–water partition coefficient (Wildman–Crippen LogP) is -0.951. The van der Waals surface area contributed by atoms with Gasteiger partial charge in [0.25, 0.3) is 11.8 Å². The molecule has 3 amide bonds. The van der Waals surface area contributed by atoms with Gasteiger partial charge in [-0.1, -0.05) is 0 Å². The first-order valence-corrected chi connectivity index (χ1v) is 6.49. The minimum absolute atomic E-state index is 0. The molecule has 2 N–H and O–H groups in total. The summed E-state index contributed by atoms with van der Waals surface area (Å²) in [6.45, 7) is 5.15. The van der Waals surface area contributed by atoms with E-state index in [9.17, 15) is 14.4 Å². The zero-order chi connectivity index (χ0) is 14.0. The van der Waals surface area contributed by atoms with Crippen LogP contribution in [0.15, 0.2) is 0 Å². The van der Waals surface area contributed by atoms with Gasteiger partial charge in [-0.2, -0.15) is 0 Å². The summed E-state index contributed by atoms with van der Waals surface area (Å²) in [4.78, 5) is 36.8. The summed E-state index contributed by atoms with van der Waals surface area (Å²) in [6.07, 6.45) is -0.562. The molecule has 20 heavy (non-hydrogen) atoms. The van der Waals surface area contributed by atoms with Gasteiger partial charge in [-0.25, -0.2) is 0 Å². The van der Waals surface area contributed by atoms with Gasteiger partial charge in [-0.15, -0.1) is 12.4 Å². The van der Waals surface area contributed by atoms with Crippen molar-refractivity contribution in [2.45, 2.75) is 38.5 Å². The summed E-state index contributed by atoms with van der Waals surface area (Å²) in [7, 11) is 0. The first-order chi connectivity index (χ1) is 9.00. The third-order valence-corrected chi connectivity index (χ3v) is 3.24. The van der Waals surface area contributed by atoms with E-state index < -0.39 is 12.1 Å². The maximum atomic E-state index is 12.0. The van der Waals surface area contributed by atoms with Crippen LogP contribution in [0.5, 0.6) is 0 Å². The minimum Gasteiger partial charge on any atom is -0.366 e. The lowest BCUT2D eigenvalue weighted by Gasteiger charge is -2.24. The second-order valence-electron chi connectivity index (χ2n) is 5.02. The van der Waals surface area contributed by atoms with Gasteiger partial charge in [0.05, 0.1) is 13.0 Å². The summed E-state index contributed by atoms with van der Waals surface area (Å²) in [5.41, 5.74) is 0. The lowest BCUT2D eigenvalue weighted by Crippen LogP contribution is -2.52. The Hall–Kier alpha value is -1.18. The Labute approximate surface area is 123 Å². The molecular formula is C12H20ClN3O4. The van der Waals surface area contributed by atoms with Gasteiger partial charge < -0.3 is 15.4 Å². The molecule has 0 spiro atoms. The van der Waals surface area contributed by atoms with Gasteiger partial charge in [-0.05, 0) is 13.8 Å². The van der Waals surface area contributed by atoms with Crippen LogP contribution >= 0.6 is 12.4 Å². The Morgan fingerprint density at radius 1 is 1.45 bits per heavy atom. The number of hydrogen-bond acceptors (Lipinski definition) is 5. The quantitative estimate of drug-likeness (QED) is 0.656. The zero-order valence-corrected chi connectivity index (χ0v) is 12.4. The van der Waals surface area contributed by atoms with E-state index in [1.165, 1.54) is 4.90 Å². The summed E-state index contributed by atoms with van der Waals surface area (Å²) < 4.78 is 5.30.